The van der Waals surface area contributed by atoms with Gasteiger partial charge in [-0.1, -0.05) is 30.3 Å². The number of nitrogens with one attached hydrogen (secondary N) is 1. The van der Waals surface area contributed by atoms with Crippen LogP contribution in [0.4, 0.5) is 10.5 Å². The number of aromatic carboxylic acids is 1. The second-order valence-electron chi connectivity index (χ2n) is 13.9. The number of hydrogen-bond acceptors (Lipinski definition) is 6. The van der Waals surface area contributed by atoms with Crippen molar-refractivity contribution >= 4 is 35.6 Å². The topological polar surface area (TPSA) is 122 Å². The van der Waals surface area contributed by atoms with Crippen molar-refractivity contribution in [3.05, 3.63) is 107 Å². The van der Waals surface area contributed by atoms with Crippen LogP contribution in [0.3, 0.4) is 0 Å². The van der Waals surface area contributed by atoms with Gasteiger partial charge in [0.05, 0.1) is 17.9 Å². The average molecular weight is 661 g/mol. The molecule has 4 amide bonds. The van der Waals surface area contributed by atoms with Crippen molar-refractivity contribution in [2.45, 2.75) is 63.9 Å². The maximum Gasteiger partial charge on any atom is 0.335 e. The Morgan fingerprint density at radius 2 is 1.61 bits per heavy atom. The maximum atomic E-state index is 13.8. The summed E-state index contributed by atoms with van der Waals surface area (Å²) in [5, 5.41) is 11.5. The van der Waals surface area contributed by atoms with E-state index in [1.165, 1.54) is 62.3 Å². The first kappa shape index (κ1) is 32.4. The van der Waals surface area contributed by atoms with E-state index in [4.69, 9.17) is 9.47 Å². The Morgan fingerprint density at radius 3 is 2.20 bits per heavy atom. The minimum atomic E-state index is -1.01. The van der Waals surface area contributed by atoms with E-state index in [1.807, 2.05) is 19.1 Å². The zero-order valence-electron chi connectivity index (χ0n) is 27.6. The van der Waals surface area contributed by atoms with Crippen LogP contribution in [0.25, 0.3) is 6.08 Å². The molecule has 0 spiro atoms. The summed E-state index contributed by atoms with van der Waals surface area (Å²) >= 11 is 0. The van der Waals surface area contributed by atoms with Crippen LogP contribution in [-0.4, -0.2) is 35.5 Å². The number of urea groups is 1. The third kappa shape index (κ3) is 6.25. The molecule has 3 aromatic rings. The summed E-state index contributed by atoms with van der Waals surface area (Å²) in [6, 6.07) is 16.9. The number of carbonyl (C=O) groups is 4. The lowest BCUT2D eigenvalue weighted by Crippen LogP contribution is -2.54. The number of nitrogens with zero attached hydrogens (tertiary/aromatic N) is 1. The SMILES string of the molecule is C=CCc1cc(/C=C2\C(=O)NC(=O)N(c3ccc(C45CC6CC(CC(C6)C4)C5)cc3)C2=O)cc(OCC)c1OCc1ccc(C(=O)O)cc1. The average Bonchev–Trinajstić information content (AvgIpc) is 3.06. The quantitative estimate of drug-likeness (QED) is 0.126. The molecule has 1 saturated heterocycles. The van der Waals surface area contributed by atoms with E-state index in [0.29, 0.717) is 41.3 Å². The third-order valence-electron chi connectivity index (χ3n) is 10.6. The standard InChI is InChI=1S/C40H40N2O7/c1-3-5-30-17-25(19-34(48-4-2)35(30)49-23-24-6-8-29(9-7-24)38(45)46)18-33-36(43)41-39(47)42(37(33)44)32-12-10-31(11-13-32)40-20-26-14-27(21-40)16-28(15-26)22-40/h3,6-13,17-19,26-28H,1,4-5,14-16,20-23H2,2H3,(H,45,46)(H,41,43,47)/b33-18+. The molecule has 0 aromatic heterocycles. The van der Waals surface area contributed by atoms with E-state index < -0.39 is 23.8 Å². The molecule has 4 aliphatic carbocycles. The van der Waals surface area contributed by atoms with Gasteiger partial charge in [0.1, 0.15) is 12.2 Å². The Balaban J connectivity index is 1.15. The fraction of sp³-hybridized carbons (Fsp3) is 0.350. The van der Waals surface area contributed by atoms with Crippen LogP contribution in [0.15, 0.2) is 78.9 Å². The Labute approximate surface area is 285 Å². The lowest BCUT2D eigenvalue weighted by atomic mass is 9.48. The molecule has 9 nitrogen and oxygen atoms in total. The normalized spacial score (nSPS) is 25.0. The number of carbonyl (C=O) groups excluding carboxylic acids is 3. The van der Waals surface area contributed by atoms with E-state index in [9.17, 15) is 24.3 Å². The van der Waals surface area contributed by atoms with Gasteiger partial charge in [-0.3, -0.25) is 14.9 Å². The number of barbiturate groups is 1. The van der Waals surface area contributed by atoms with Crippen molar-refractivity contribution in [2.24, 2.45) is 17.8 Å². The van der Waals surface area contributed by atoms with Gasteiger partial charge in [-0.05, 0) is 134 Å². The highest BCUT2D eigenvalue weighted by atomic mass is 16.5. The summed E-state index contributed by atoms with van der Waals surface area (Å²) in [6.07, 6.45) is 11.3. The number of carboxylic acids is 1. The molecule has 9 heteroatoms. The lowest BCUT2D eigenvalue weighted by molar-refractivity contribution is -0.122. The first-order valence-corrected chi connectivity index (χ1v) is 17.0. The van der Waals surface area contributed by atoms with Gasteiger partial charge in [-0.25, -0.2) is 14.5 Å². The Hall–Kier alpha value is -5.18. The monoisotopic (exact) mass is 660 g/mol. The first-order valence-electron chi connectivity index (χ1n) is 17.0. The van der Waals surface area contributed by atoms with Crippen LogP contribution in [0.2, 0.25) is 0 Å². The fourth-order valence-electron chi connectivity index (χ4n) is 8.89. The molecule has 49 heavy (non-hydrogen) atoms. The largest absolute Gasteiger partial charge is 0.490 e. The number of allylic oxidation sites excluding steroid dienone is 1. The molecule has 1 aliphatic heterocycles. The van der Waals surface area contributed by atoms with Gasteiger partial charge in [0.2, 0.25) is 0 Å². The van der Waals surface area contributed by atoms with Gasteiger partial charge < -0.3 is 14.6 Å². The predicted molar refractivity (Wildman–Crippen MR) is 185 cm³/mol. The van der Waals surface area contributed by atoms with Gasteiger partial charge in [0.25, 0.3) is 11.8 Å². The van der Waals surface area contributed by atoms with E-state index in [-0.39, 0.29) is 23.2 Å². The summed E-state index contributed by atoms with van der Waals surface area (Å²) in [7, 11) is 0. The number of rotatable bonds is 11. The minimum absolute atomic E-state index is 0.157. The number of benzene rings is 3. The number of anilines is 1. The fourth-order valence-corrected chi connectivity index (χ4v) is 8.89. The summed E-state index contributed by atoms with van der Waals surface area (Å²) in [6.45, 7) is 6.19. The molecule has 4 saturated carbocycles. The molecule has 252 valence electrons. The van der Waals surface area contributed by atoms with Crippen molar-refractivity contribution < 1.29 is 33.8 Å². The van der Waals surface area contributed by atoms with Gasteiger partial charge in [-0.2, -0.15) is 0 Å². The molecule has 0 radical (unpaired) electrons. The Bertz CT molecular complexity index is 1820. The minimum Gasteiger partial charge on any atom is -0.490 e. The molecule has 2 N–H and O–H groups in total. The van der Waals surface area contributed by atoms with Crippen molar-refractivity contribution in [2.75, 3.05) is 11.5 Å². The smallest absolute Gasteiger partial charge is 0.335 e. The summed E-state index contributed by atoms with van der Waals surface area (Å²) in [5.74, 6) is 0.796. The highest BCUT2D eigenvalue weighted by molar-refractivity contribution is 6.39. The van der Waals surface area contributed by atoms with Crippen LogP contribution < -0.4 is 19.7 Å². The molecule has 8 rings (SSSR count). The van der Waals surface area contributed by atoms with E-state index >= 15 is 0 Å². The molecule has 0 unspecified atom stereocenters. The number of hydrogen-bond donors (Lipinski definition) is 2. The van der Waals surface area contributed by atoms with E-state index in [2.05, 4.69) is 24.0 Å². The van der Waals surface area contributed by atoms with Crippen molar-refractivity contribution in [1.29, 1.82) is 0 Å². The predicted octanol–water partition coefficient (Wildman–Crippen LogP) is 7.23. The summed E-state index contributed by atoms with van der Waals surface area (Å²) < 4.78 is 12.1. The van der Waals surface area contributed by atoms with Gasteiger partial charge >= 0.3 is 12.0 Å². The Kier molecular flexibility index (Phi) is 8.61. The van der Waals surface area contributed by atoms with Crippen LogP contribution in [-0.2, 0) is 28.0 Å². The lowest BCUT2D eigenvalue weighted by Gasteiger charge is -2.57. The molecular weight excluding hydrogens is 620 g/mol. The molecule has 3 aromatic carbocycles. The maximum absolute atomic E-state index is 13.8. The summed E-state index contributed by atoms with van der Waals surface area (Å²) in [4.78, 5) is 52.2. The van der Waals surface area contributed by atoms with Crippen LogP contribution >= 0.6 is 0 Å². The molecule has 4 bridgehead atoms. The first-order chi connectivity index (χ1) is 23.7. The summed E-state index contributed by atoms with van der Waals surface area (Å²) in [5.41, 5.74) is 3.88. The second-order valence-corrected chi connectivity index (χ2v) is 13.9. The van der Waals surface area contributed by atoms with E-state index in [0.717, 1.165) is 28.2 Å². The van der Waals surface area contributed by atoms with Crippen LogP contribution in [0.5, 0.6) is 11.5 Å². The van der Waals surface area contributed by atoms with Gasteiger partial charge in [0.15, 0.2) is 11.5 Å². The van der Waals surface area contributed by atoms with Gasteiger partial charge in [0, 0.05) is 5.56 Å². The van der Waals surface area contributed by atoms with Crippen molar-refractivity contribution in [3.8, 4) is 11.5 Å². The number of imide groups is 2. The van der Waals surface area contributed by atoms with Crippen molar-refractivity contribution in [3.63, 3.8) is 0 Å². The molecule has 5 aliphatic rings. The van der Waals surface area contributed by atoms with Gasteiger partial charge in [-0.15, -0.1) is 6.58 Å². The highest BCUT2D eigenvalue weighted by Gasteiger charge is 2.51. The highest BCUT2D eigenvalue weighted by Crippen LogP contribution is 2.60. The molecule has 0 atom stereocenters. The third-order valence-corrected chi connectivity index (χ3v) is 10.6. The van der Waals surface area contributed by atoms with Crippen LogP contribution in [0.1, 0.15) is 78.1 Å². The molecular formula is C40H40N2O7. The second kappa shape index (κ2) is 13.0. The molecule has 5 fully saturated rings. The number of carboxylic acid groups (broad SMARTS) is 1. The Morgan fingerprint density at radius 1 is 0.959 bits per heavy atom. The van der Waals surface area contributed by atoms with Crippen molar-refractivity contribution in [1.82, 2.24) is 5.32 Å². The van der Waals surface area contributed by atoms with Crippen LogP contribution in [0, 0.1) is 17.8 Å². The van der Waals surface area contributed by atoms with E-state index in [1.54, 1.807) is 30.3 Å². The molecule has 1 heterocycles. The number of ether oxygens (including phenoxy) is 2. The zero-order valence-corrected chi connectivity index (χ0v) is 27.6. The zero-order chi connectivity index (χ0) is 34.3. The number of amides is 4.